The molecule has 3 nitrogen and oxygen atoms in total. The molecule has 0 amide bonds. The Balaban J connectivity index is 2.53. The van der Waals surface area contributed by atoms with E-state index in [1.807, 2.05) is 6.92 Å². The molecule has 0 fully saturated rings. The Hall–Kier alpha value is -1.58. The van der Waals surface area contributed by atoms with Crippen molar-refractivity contribution in [2.24, 2.45) is 5.92 Å². The van der Waals surface area contributed by atoms with Gasteiger partial charge in [0.1, 0.15) is 5.82 Å². The minimum absolute atomic E-state index is 0.244. The highest BCUT2D eigenvalue weighted by Gasteiger charge is 2.11. The first-order valence-corrected chi connectivity index (χ1v) is 6.69. The van der Waals surface area contributed by atoms with Crippen LogP contribution in [0.4, 0.5) is 10.1 Å². The number of aromatic carboxylic acids is 1. The van der Waals surface area contributed by atoms with Crippen molar-refractivity contribution in [3.63, 3.8) is 0 Å². The van der Waals surface area contributed by atoms with Gasteiger partial charge in [-0.3, -0.25) is 0 Å². The highest BCUT2D eigenvalue weighted by Crippen LogP contribution is 2.17. The van der Waals surface area contributed by atoms with Crippen LogP contribution >= 0.6 is 0 Å². The molecule has 106 valence electrons. The van der Waals surface area contributed by atoms with E-state index in [1.165, 1.54) is 18.6 Å². The van der Waals surface area contributed by atoms with E-state index in [2.05, 4.69) is 19.2 Å². The average molecular weight is 267 g/mol. The Morgan fingerprint density at radius 1 is 1.32 bits per heavy atom. The van der Waals surface area contributed by atoms with Crippen molar-refractivity contribution >= 4 is 11.7 Å². The Bertz CT molecular complexity index is 432. The monoisotopic (exact) mass is 267 g/mol. The number of anilines is 1. The molecular weight excluding hydrogens is 245 g/mol. The van der Waals surface area contributed by atoms with E-state index < -0.39 is 11.8 Å². The van der Waals surface area contributed by atoms with E-state index in [9.17, 15) is 9.18 Å². The third-order valence-electron chi connectivity index (χ3n) is 3.03. The van der Waals surface area contributed by atoms with Gasteiger partial charge in [-0.25, -0.2) is 9.18 Å². The van der Waals surface area contributed by atoms with Crippen LogP contribution in [-0.4, -0.2) is 17.1 Å². The van der Waals surface area contributed by atoms with Crippen molar-refractivity contribution in [3.05, 3.63) is 29.6 Å². The van der Waals surface area contributed by atoms with Crippen molar-refractivity contribution < 1.29 is 14.3 Å². The summed E-state index contributed by atoms with van der Waals surface area (Å²) in [4.78, 5) is 10.7. The maximum absolute atomic E-state index is 13.5. The molecule has 1 rings (SSSR count). The quantitative estimate of drug-likeness (QED) is 0.780. The highest BCUT2D eigenvalue weighted by molar-refractivity contribution is 5.88. The van der Waals surface area contributed by atoms with E-state index in [4.69, 9.17) is 5.11 Å². The maximum Gasteiger partial charge on any atom is 0.338 e. The Labute approximate surface area is 113 Å². The van der Waals surface area contributed by atoms with Gasteiger partial charge in [-0.2, -0.15) is 0 Å². The molecular formula is C15H22FNO2. The summed E-state index contributed by atoms with van der Waals surface area (Å²) in [7, 11) is 0. The minimum Gasteiger partial charge on any atom is -0.478 e. The predicted molar refractivity (Wildman–Crippen MR) is 75.1 cm³/mol. The average Bonchev–Trinajstić information content (AvgIpc) is 2.27. The molecule has 0 aromatic heterocycles. The van der Waals surface area contributed by atoms with Gasteiger partial charge in [0, 0.05) is 11.7 Å². The van der Waals surface area contributed by atoms with Gasteiger partial charge in [-0.15, -0.1) is 0 Å². The lowest BCUT2D eigenvalue weighted by atomic mass is 10.0. The van der Waals surface area contributed by atoms with Crippen molar-refractivity contribution in [2.75, 3.05) is 5.32 Å². The van der Waals surface area contributed by atoms with Crippen molar-refractivity contribution in [3.8, 4) is 0 Å². The second-order valence-electron chi connectivity index (χ2n) is 5.37. The number of rotatable bonds is 7. The first kappa shape index (κ1) is 15.5. The van der Waals surface area contributed by atoms with Gasteiger partial charge in [0.25, 0.3) is 0 Å². The van der Waals surface area contributed by atoms with Gasteiger partial charge < -0.3 is 10.4 Å². The predicted octanol–water partition coefficient (Wildman–Crippen LogP) is 4.15. The van der Waals surface area contributed by atoms with Crippen molar-refractivity contribution in [1.29, 1.82) is 0 Å². The van der Waals surface area contributed by atoms with Gasteiger partial charge in [0.15, 0.2) is 0 Å². The molecule has 1 aromatic carbocycles. The summed E-state index contributed by atoms with van der Waals surface area (Å²) in [6, 6.07) is 4.38. The molecule has 0 aliphatic heterocycles. The fourth-order valence-electron chi connectivity index (χ4n) is 1.97. The molecule has 1 aromatic rings. The highest BCUT2D eigenvalue weighted by atomic mass is 19.1. The number of hydrogen-bond donors (Lipinski definition) is 2. The lowest BCUT2D eigenvalue weighted by Crippen LogP contribution is -2.15. The van der Waals surface area contributed by atoms with Crippen LogP contribution in [0.25, 0.3) is 0 Å². The van der Waals surface area contributed by atoms with Crippen LogP contribution in [0.5, 0.6) is 0 Å². The smallest absolute Gasteiger partial charge is 0.338 e. The summed E-state index contributed by atoms with van der Waals surface area (Å²) in [6.45, 7) is 6.43. The molecule has 0 spiro atoms. The van der Waals surface area contributed by atoms with Crippen molar-refractivity contribution in [2.45, 2.75) is 46.1 Å². The van der Waals surface area contributed by atoms with E-state index in [0.29, 0.717) is 11.6 Å². The number of carbonyl (C=O) groups is 1. The van der Waals surface area contributed by atoms with Crippen LogP contribution in [0.1, 0.15) is 50.4 Å². The number of carboxylic acids is 1. The topological polar surface area (TPSA) is 49.3 Å². The lowest BCUT2D eigenvalue weighted by molar-refractivity contribution is 0.0692. The fraction of sp³-hybridized carbons (Fsp3) is 0.533. The summed E-state index contributed by atoms with van der Waals surface area (Å²) in [5, 5.41) is 11.9. The summed E-state index contributed by atoms with van der Waals surface area (Å²) >= 11 is 0. The van der Waals surface area contributed by atoms with Crippen LogP contribution in [0, 0.1) is 11.7 Å². The van der Waals surface area contributed by atoms with Crippen LogP contribution in [0.3, 0.4) is 0 Å². The van der Waals surface area contributed by atoms with Crippen LogP contribution in [0.15, 0.2) is 18.2 Å². The molecule has 0 aliphatic carbocycles. The number of benzene rings is 1. The molecule has 1 unspecified atom stereocenters. The van der Waals surface area contributed by atoms with Crippen LogP contribution in [-0.2, 0) is 0 Å². The Morgan fingerprint density at radius 2 is 2.00 bits per heavy atom. The molecule has 4 heteroatoms. The molecule has 0 saturated carbocycles. The molecule has 19 heavy (non-hydrogen) atoms. The number of nitrogens with one attached hydrogen (secondary N) is 1. The fourth-order valence-corrected chi connectivity index (χ4v) is 1.97. The Kier molecular flexibility index (Phi) is 5.80. The van der Waals surface area contributed by atoms with E-state index in [1.54, 1.807) is 6.07 Å². The minimum atomic E-state index is -1.24. The largest absolute Gasteiger partial charge is 0.478 e. The molecule has 0 bridgehead atoms. The molecule has 0 radical (unpaired) electrons. The SMILES string of the molecule is CC(C)CCCC(C)Nc1ccc(C(=O)O)c(F)c1. The van der Waals surface area contributed by atoms with Gasteiger partial charge in [-0.1, -0.05) is 26.7 Å². The third-order valence-corrected chi connectivity index (χ3v) is 3.03. The molecule has 0 saturated heterocycles. The van der Waals surface area contributed by atoms with Crippen molar-refractivity contribution in [1.82, 2.24) is 0 Å². The van der Waals surface area contributed by atoms with Crippen LogP contribution in [0.2, 0.25) is 0 Å². The second kappa shape index (κ2) is 7.12. The zero-order valence-electron chi connectivity index (χ0n) is 11.7. The molecule has 1 atom stereocenters. The van der Waals surface area contributed by atoms with E-state index >= 15 is 0 Å². The Morgan fingerprint density at radius 3 is 2.53 bits per heavy atom. The lowest BCUT2D eigenvalue weighted by Gasteiger charge is -2.16. The normalized spacial score (nSPS) is 12.5. The maximum atomic E-state index is 13.5. The van der Waals surface area contributed by atoms with Crippen LogP contribution < -0.4 is 5.32 Å². The number of carboxylic acid groups (broad SMARTS) is 1. The van der Waals surface area contributed by atoms with E-state index in [0.717, 1.165) is 12.8 Å². The first-order valence-electron chi connectivity index (χ1n) is 6.69. The standard InChI is InChI=1S/C15H22FNO2/c1-10(2)5-4-6-11(3)17-12-7-8-13(15(18)19)14(16)9-12/h7-11,17H,4-6H2,1-3H3,(H,18,19). The molecule has 0 aliphatic rings. The van der Waals surface area contributed by atoms with Gasteiger partial charge in [-0.05, 0) is 37.5 Å². The summed E-state index contributed by atoms with van der Waals surface area (Å²) < 4.78 is 13.5. The summed E-state index contributed by atoms with van der Waals surface area (Å²) in [5.41, 5.74) is 0.331. The van der Waals surface area contributed by atoms with Gasteiger partial charge in [0.2, 0.25) is 0 Å². The zero-order valence-corrected chi connectivity index (χ0v) is 11.7. The molecule has 2 N–H and O–H groups in total. The zero-order chi connectivity index (χ0) is 14.4. The third kappa shape index (κ3) is 5.28. The summed E-state index contributed by atoms with van der Waals surface area (Å²) in [6.07, 6.45) is 3.32. The van der Waals surface area contributed by atoms with Gasteiger partial charge in [0.05, 0.1) is 5.56 Å². The van der Waals surface area contributed by atoms with Gasteiger partial charge >= 0.3 is 5.97 Å². The second-order valence-corrected chi connectivity index (χ2v) is 5.37. The summed E-state index contributed by atoms with van der Waals surface area (Å²) in [5.74, 6) is -1.25. The number of hydrogen-bond acceptors (Lipinski definition) is 2. The van der Waals surface area contributed by atoms with E-state index in [-0.39, 0.29) is 11.6 Å². The first-order chi connectivity index (χ1) is 8.90. The number of halogens is 1. The molecule has 0 heterocycles.